The number of amides is 2. The maximum Gasteiger partial charge on any atom is 0.254 e. The minimum absolute atomic E-state index is 0. The van der Waals surface area contributed by atoms with Gasteiger partial charge in [-0.25, -0.2) is 0 Å². The van der Waals surface area contributed by atoms with Gasteiger partial charge in [-0.2, -0.15) is 0 Å². The Morgan fingerprint density at radius 2 is 1.53 bits per heavy atom. The Balaban J connectivity index is 0.000000792. The van der Waals surface area contributed by atoms with Crippen molar-refractivity contribution in [3.63, 3.8) is 0 Å². The van der Waals surface area contributed by atoms with E-state index >= 15 is 0 Å². The van der Waals surface area contributed by atoms with Crippen LogP contribution in [0.5, 0.6) is 0 Å². The summed E-state index contributed by atoms with van der Waals surface area (Å²) in [4.78, 5) is 26.2. The molecule has 1 saturated heterocycles. The van der Waals surface area contributed by atoms with Gasteiger partial charge in [0, 0.05) is 24.5 Å². The van der Waals surface area contributed by atoms with Crippen LogP contribution in [0.2, 0.25) is 0 Å². The predicted molar refractivity (Wildman–Crippen MR) is 123 cm³/mol. The van der Waals surface area contributed by atoms with Gasteiger partial charge in [0.25, 0.3) is 11.8 Å². The highest BCUT2D eigenvalue weighted by Gasteiger charge is 2.34. The zero-order chi connectivity index (χ0) is 21.5. The second-order valence-electron chi connectivity index (χ2n) is 6.20. The third-order valence-corrected chi connectivity index (χ3v) is 5.09. The first kappa shape index (κ1) is 27.8. The molecule has 0 saturated carbocycles. The normalized spacial score (nSPS) is 14.1. The molecule has 7 heteroatoms. The molecule has 2 amide bonds. The second-order valence-corrected chi connectivity index (χ2v) is 7.23. The Hall–Kier alpha value is -2.22. The highest BCUT2D eigenvalue weighted by Crippen LogP contribution is 2.11. The summed E-state index contributed by atoms with van der Waals surface area (Å²) in [5.74, 6) is -1.29. The van der Waals surface area contributed by atoms with Crippen molar-refractivity contribution >= 4 is 23.2 Å². The third kappa shape index (κ3) is 10.0. The molecule has 2 atom stereocenters. The molecule has 0 unspecified atom stereocenters. The zero-order valence-corrected chi connectivity index (χ0v) is 18.0. The number of nitrogens with zero attached hydrogens (tertiary/aromatic N) is 1. The average Bonchev–Trinajstić information content (AvgIpc) is 3.49. The van der Waals surface area contributed by atoms with Crippen molar-refractivity contribution in [1.29, 1.82) is 0 Å². The van der Waals surface area contributed by atoms with Gasteiger partial charge in [-0.05, 0) is 30.7 Å². The van der Waals surface area contributed by atoms with E-state index in [1.165, 1.54) is 4.90 Å². The van der Waals surface area contributed by atoms with Crippen molar-refractivity contribution in [1.82, 2.24) is 10.2 Å². The largest absolute Gasteiger partial charge is 0.380 e. The van der Waals surface area contributed by atoms with Crippen LogP contribution in [-0.4, -0.2) is 58.8 Å². The van der Waals surface area contributed by atoms with Gasteiger partial charge < -0.3 is 20.4 Å². The first-order chi connectivity index (χ1) is 14.1. The molecule has 0 bridgehead atoms. The number of thiophene rings is 1. The SMILES string of the molecule is C.CC.O=C(NCCc1cccs1)[C@H](O)[C@@H](O)C(=O)N1CCCC1.c1ccccc1. The first-order valence-electron chi connectivity index (χ1n) is 10.0. The molecule has 0 aliphatic carbocycles. The molecule has 30 heavy (non-hydrogen) atoms. The fourth-order valence-electron chi connectivity index (χ4n) is 2.66. The van der Waals surface area contributed by atoms with E-state index in [0.29, 0.717) is 26.1 Å². The van der Waals surface area contributed by atoms with E-state index in [2.05, 4.69) is 5.32 Å². The molecule has 1 aromatic heterocycles. The van der Waals surface area contributed by atoms with Crippen LogP contribution in [0.15, 0.2) is 53.9 Å². The fraction of sp³-hybridized carbons (Fsp3) is 0.478. The minimum atomic E-state index is -1.72. The highest BCUT2D eigenvalue weighted by molar-refractivity contribution is 7.09. The number of carbonyl (C=O) groups is 2. The summed E-state index contributed by atoms with van der Waals surface area (Å²) in [6.07, 6.45) is -0.971. The Morgan fingerprint density at radius 3 is 2.00 bits per heavy atom. The van der Waals surface area contributed by atoms with Crippen LogP contribution < -0.4 is 5.32 Å². The van der Waals surface area contributed by atoms with Crippen molar-refractivity contribution in [2.75, 3.05) is 19.6 Å². The molecule has 168 valence electrons. The number of aliphatic hydroxyl groups is 2. The molecule has 6 nitrogen and oxygen atoms in total. The Labute approximate surface area is 184 Å². The second kappa shape index (κ2) is 16.6. The standard InChI is InChI=1S/C14H20N2O4S.C6H6.C2H6.CH4/c17-11(12(18)14(20)16-7-1-2-8-16)13(19)15-6-5-10-4-3-9-21-10;1-2-4-6-5-3-1;1-2;/h3-4,9,11-12,17-18H,1-2,5-8H2,(H,15,19);1-6H;1-2H3;1H4/t11-,12-;;;/m1.../s1. The summed E-state index contributed by atoms with van der Waals surface area (Å²) in [7, 11) is 0. The van der Waals surface area contributed by atoms with Gasteiger partial charge in [0.05, 0.1) is 0 Å². The molecule has 0 spiro atoms. The lowest BCUT2D eigenvalue weighted by molar-refractivity contribution is -0.152. The van der Waals surface area contributed by atoms with Crippen molar-refractivity contribution in [3.05, 3.63) is 58.8 Å². The van der Waals surface area contributed by atoms with Gasteiger partial charge in [-0.1, -0.05) is 63.7 Å². The lowest BCUT2D eigenvalue weighted by Gasteiger charge is -2.22. The maximum absolute atomic E-state index is 11.9. The van der Waals surface area contributed by atoms with E-state index in [1.54, 1.807) is 11.3 Å². The number of nitrogens with one attached hydrogen (secondary N) is 1. The summed E-state index contributed by atoms with van der Waals surface area (Å²) >= 11 is 1.59. The van der Waals surface area contributed by atoms with Crippen molar-refractivity contribution in [3.8, 4) is 0 Å². The van der Waals surface area contributed by atoms with Crippen molar-refractivity contribution < 1.29 is 19.8 Å². The molecule has 1 aliphatic heterocycles. The van der Waals surface area contributed by atoms with Gasteiger partial charge in [0.1, 0.15) is 0 Å². The summed E-state index contributed by atoms with van der Waals surface area (Å²) in [5.41, 5.74) is 0. The molecule has 1 fully saturated rings. The first-order valence-corrected chi connectivity index (χ1v) is 10.9. The highest BCUT2D eigenvalue weighted by atomic mass is 32.1. The maximum atomic E-state index is 11.9. The molecule has 2 heterocycles. The van der Waals surface area contributed by atoms with E-state index < -0.39 is 24.0 Å². The van der Waals surface area contributed by atoms with Crippen LogP contribution in [0.3, 0.4) is 0 Å². The summed E-state index contributed by atoms with van der Waals surface area (Å²) < 4.78 is 0. The van der Waals surface area contributed by atoms with Gasteiger partial charge >= 0.3 is 0 Å². The molecular formula is C23H36N2O4S. The predicted octanol–water partition coefficient (Wildman–Crippen LogP) is 3.10. The molecule has 1 aromatic carbocycles. The number of hydrogen-bond acceptors (Lipinski definition) is 5. The molecular weight excluding hydrogens is 400 g/mol. The lowest BCUT2D eigenvalue weighted by atomic mass is 10.1. The average molecular weight is 437 g/mol. The zero-order valence-electron chi connectivity index (χ0n) is 17.2. The molecule has 1 aliphatic rings. The monoisotopic (exact) mass is 436 g/mol. The van der Waals surface area contributed by atoms with E-state index in [4.69, 9.17) is 0 Å². The molecule has 0 radical (unpaired) electrons. The minimum Gasteiger partial charge on any atom is -0.380 e. The number of hydrogen-bond donors (Lipinski definition) is 3. The topological polar surface area (TPSA) is 89.9 Å². The quantitative estimate of drug-likeness (QED) is 0.649. The Bertz CT molecular complexity index is 647. The number of aliphatic hydroxyl groups excluding tert-OH is 2. The van der Waals surface area contributed by atoms with E-state index in [0.717, 1.165) is 17.7 Å². The van der Waals surface area contributed by atoms with Crippen LogP contribution in [0.25, 0.3) is 0 Å². The molecule has 3 N–H and O–H groups in total. The molecule has 3 rings (SSSR count). The van der Waals surface area contributed by atoms with Gasteiger partial charge in [-0.3, -0.25) is 9.59 Å². The summed E-state index contributed by atoms with van der Waals surface area (Å²) in [6.45, 7) is 5.51. The van der Waals surface area contributed by atoms with Crippen LogP contribution in [0.1, 0.15) is 39.0 Å². The van der Waals surface area contributed by atoms with Crippen LogP contribution in [-0.2, 0) is 16.0 Å². The Kier molecular flexibility index (Phi) is 15.3. The summed E-state index contributed by atoms with van der Waals surface area (Å²) in [5, 5.41) is 24.1. The number of benzene rings is 1. The fourth-order valence-corrected chi connectivity index (χ4v) is 3.37. The smallest absolute Gasteiger partial charge is 0.254 e. The van der Waals surface area contributed by atoms with Crippen LogP contribution >= 0.6 is 11.3 Å². The Morgan fingerprint density at radius 1 is 1.00 bits per heavy atom. The van der Waals surface area contributed by atoms with Gasteiger partial charge in [0.2, 0.25) is 0 Å². The van der Waals surface area contributed by atoms with Crippen LogP contribution in [0.4, 0.5) is 0 Å². The van der Waals surface area contributed by atoms with E-state index in [9.17, 15) is 19.8 Å². The third-order valence-electron chi connectivity index (χ3n) is 4.16. The van der Waals surface area contributed by atoms with E-state index in [-0.39, 0.29) is 7.43 Å². The van der Waals surface area contributed by atoms with E-state index in [1.807, 2.05) is 67.8 Å². The van der Waals surface area contributed by atoms with Gasteiger partial charge in [-0.15, -0.1) is 11.3 Å². The lowest BCUT2D eigenvalue weighted by Crippen LogP contribution is -2.50. The van der Waals surface area contributed by atoms with Crippen LogP contribution in [0, 0.1) is 0 Å². The van der Waals surface area contributed by atoms with Gasteiger partial charge in [0.15, 0.2) is 12.2 Å². The number of likely N-dealkylation sites (tertiary alicyclic amines) is 1. The molecule has 2 aromatic rings. The number of carbonyl (C=O) groups excluding carboxylic acids is 2. The van der Waals surface area contributed by atoms with Crippen molar-refractivity contribution in [2.24, 2.45) is 0 Å². The number of rotatable bonds is 6. The van der Waals surface area contributed by atoms with Crippen molar-refractivity contribution in [2.45, 2.75) is 52.7 Å². The summed E-state index contributed by atoms with van der Waals surface area (Å²) in [6, 6.07) is 15.9.